The van der Waals surface area contributed by atoms with Gasteiger partial charge in [-0.3, -0.25) is 0 Å². The second kappa shape index (κ2) is 16.5. The second-order valence-corrected chi connectivity index (χ2v) is 11.4. The summed E-state index contributed by atoms with van der Waals surface area (Å²) in [6, 6.07) is 33.6. The highest BCUT2D eigenvalue weighted by atomic mass is 19.1. The molecule has 0 radical (unpaired) electrons. The summed E-state index contributed by atoms with van der Waals surface area (Å²) in [4.78, 5) is 11.8. The molecule has 47 heavy (non-hydrogen) atoms. The van der Waals surface area contributed by atoms with Gasteiger partial charge in [0, 0.05) is 18.1 Å². The van der Waals surface area contributed by atoms with E-state index in [0.29, 0.717) is 44.0 Å². The van der Waals surface area contributed by atoms with Gasteiger partial charge in [0.15, 0.2) is 0 Å². The molecule has 0 aliphatic carbocycles. The van der Waals surface area contributed by atoms with E-state index in [1.54, 1.807) is 24.3 Å². The van der Waals surface area contributed by atoms with Crippen LogP contribution < -0.4 is 14.2 Å². The zero-order valence-corrected chi connectivity index (χ0v) is 27.0. The Kier molecular flexibility index (Phi) is 11.6. The lowest BCUT2D eigenvalue weighted by Gasteiger charge is -2.18. The predicted molar refractivity (Wildman–Crippen MR) is 184 cm³/mol. The molecule has 5 aromatic carbocycles. The van der Waals surface area contributed by atoms with E-state index in [1.165, 1.54) is 12.1 Å². The molecule has 5 rings (SSSR count). The van der Waals surface area contributed by atoms with E-state index in [-0.39, 0.29) is 5.82 Å². The lowest BCUT2D eigenvalue weighted by atomic mass is 9.94. The summed E-state index contributed by atoms with van der Waals surface area (Å²) in [7, 11) is 0. The van der Waals surface area contributed by atoms with Crippen molar-refractivity contribution < 1.29 is 28.5 Å². The van der Waals surface area contributed by atoms with Gasteiger partial charge in [-0.05, 0) is 83.0 Å². The van der Waals surface area contributed by atoms with Gasteiger partial charge in [0.05, 0.1) is 18.8 Å². The van der Waals surface area contributed by atoms with Crippen molar-refractivity contribution in [1.82, 2.24) is 0 Å². The topological polar surface area (TPSA) is 65.0 Å². The summed E-state index contributed by atoms with van der Waals surface area (Å²) in [5.41, 5.74) is 7.15. The monoisotopic (exact) mass is 632 g/mol. The molecular weight excluding hydrogens is 591 g/mol. The van der Waals surface area contributed by atoms with Crippen LogP contribution in [-0.2, 0) is 25.9 Å². The van der Waals surface area contributed by atoms with Crippen molar-refractivity contribution in [3.8, 4) is 28.4 Å². The quantitative estimate of drug-likeness (QED) is 0.110. The fourth-order valence-corrected chi connectivity index (χ4v) is 5.68. The molecule has 0 saturated heterocycles. The molecule has 0 aliphatic heterocycles. The van der Waals surface area contributed by atoms with E-state index in [2.05, 4.69) is 26.0 Å². The summed E-state index contributed by atoms with van der Waals surface area (Å²) < 4.78 is 32.6. The molecule has 5 aromatic rings. The van der Waals surface area contributed by atoms with Gasteiger partial charge in [-0.2, -0.15) is 0 Å². The number of hydrogen-bond acceptors (Lipinski definition) is 4. The molecule has 0 unspecified atom stereocenters. The predicted octanol–water partition coefficient (Wildman–Crippen LogP) is 9.72. The van der Waals surface area contributed by atoms with E-state index in [4.69, 9.17) is 14.2 Å². The number of rotatable bonds is 16. The Bertz CT molecular complexity index is 1770. The van der Waals surface area contributed by atoms with E-state index < -0.39 is 5.97 Å². The number of carboxylic acids is 1. The van der Waals surface area contributed by atoms with Crippen LogP contribution in [0.3, 0.4) is 0 Å². The minimum absolute atomic E-state index is 0.282. The average molecular weight is 633 g/mol. The fourth-order valence-electron chi connectivity index (χ4n) is 5.68. The average Bonchev–Trinajstić information content (AvgIpc) is 3.09. The van der Waals surface area contributed by atoms with Crippen molar-refractivity contribution in [2.24, 2.45) is 0 Å². The zero-order valence-electron chi connectivity index (χ0n) is 27.0. The lowest BCUT2D eigenvalue weighted by molar-refractivity contribution is 0.0696. The molecule has 0 aliphatic rings. The molecule has 242 valence electrons. The fraction of sp³-hybridized carbons (Fsp3) is 0.244. The highest BCUT2D eigenvalue weighted by molar-refractivity contribution is 5.89. The zero-order chi connectivity index (χ0) is 33.0. The maximum Gasteiger partial charge on any atom is 0.335 e. The standard InChI is InChI=1S/C41H41FO5/c1-3-12-35-32(25-33-15-8-9-17-36(33)41(43)44)16-10-18-38(35)45-23-11-24-46-39-27-40(47-28-29-13-6-5-7-14-29)37(26-30(39)4-2)31-19-21-34(42)22-20-31/h5-10,13-22,26-27H,3-4,11-12,23-25,28H2,1-2H3,(H,43,44). The van der Waals surface area contributed by atoms with Gasteiger partial charge >= 0.3 is 5.97 Å². The van der Waals surface area contributed by atoms with Crippen LogP contribution in [0.1, 0.15) is 64.9 Å². The molecule has 0 fully saturated rings. The van der Waals surface area contributed by atoms with Crippen molar-refractivity contribution in [2.45, 2.75) is 52.6 Å². The van der Waals surface area contributed by atoms with Crippen LogP contribution in [0, 0.1) is 5.82 Å². The molecule has 0 atom stereocenters. The number of ether oxygens (including phenoxy) is 3. The van der Waals surface area contributed by atoms with Crippen LogP contribution in [0.4, 0.5) is 4.39 Å². The van der Waals surface area contributed by atoms with E-state index >= 15 is 0 Å². The third kappa shape index (κ3) is 8.79. The minimum Gasteiger partial charge on any atom is -0.493 e. The van der Waals surface area contributed by atoms with Gasteiger partial charge in [0.2, 0.25) is 0 Å². The van der Waals surface area contributed by atoms with Crippen LogP contribution in [0.15, 0.2) is 109 Å². The Morgan fingerprint density at radius 2 is 1.40 bits per heavy atom. The molecule has 0 saturated carbocycles. The second-order valence-electron chi connectivity index (χ2n) is 11.4. The van der Waals surface area contributed by atoms with Gasteiger partial charge in [-0.25, -0.2) is 9.18 Å². The Morgan fingerprint density at radius 1 is 0.702 bits per heavy atom. The van der Waals surface area contributed by atoms with Crippen LogP contribution in [-0.4, -0.2) is 24.3 Å². The van der Waals surface area contributed by atoms with Gasteiger partial charge in [-0.15, -0.1) is 0 Å². The van der Waals surface area contributed by atoms with Crippen LogP contribution >= 0.6 is 0 Å². The SMILES string of the molecule is CCCc1c(Cc2ccccc2C(=O)O)cccc1OCCCOc1cc(OCc2ccccc2)c(-c2ccc(F)cc2)cc1CC. The smallest absolute Gasteiger partial charge is 0.335 e. The third-order valence-corrected chi connectivity index (χ3v) is 8.10. The molecule has 0 bridgehead atoms. The molecule has 5 nitrogen and oxygen atoms in total. The van der Waals surface area contributed by atoms with Crippen molar-refractivity contribution >= 4 is 5.97 Å². The number of benzene rings is 5. The van der Waals surface area contributed by atoms with Crippen molar-refractivity contribution in [3.05, 3.63) is 148 Å². The van der Waals surface area contributed by atoms with Crippen molar-refractivity contribution in [2.75, 3.05) is 13.2 Å². The van der Waals surface area contributed by atoms with Gasteiger partial charge in [-0.1, -0.05) is 93.1 Å². The van der Waals surface area contributed by atoms with Crippen LogP contribution in [0.2, 0.25) is 0 Å². The summed E-state index contributed by atoms with van der Waals surface area (Å²) in [5, 5.41) is 9.66. The lowest BCUT2D eigenvalue weighted by Crippen LogP contribution is -2.09. The van der Waals surface area contributed by atoms with Crippen LogP contribution in [0.5, 0.6) is 17.2 Å². The third-order valence-electron chi connectivity index (χ3n) is 8.10. The number of hydrogen-bond donors (Lipinski definition) is 1. The molecule has 6 heteroatoms. The summed E-state index contributed by atoms with van der Waals surface area (Å²) in [6.45, 7) is 5.54. The molecule has 1 N–H and O–H groups in total. The van der Waals surface area contributed by atoms with E-state index in [9.17, 15) is 14.3 Å². The Balaban J connectivity index is 1.27. The molecule has 0 aromatic heterocycles. The summed E-state index contributed by atoms with van der Waals surface area (Å²) >= 11 is 0. The highest BCUT2D eigenvalue weighted by Gasteiger charge is 2.16. The molecular formula is C41H41FO5. The molecule has 0 amide bonds. The number of halogens is 1. The number of aromatic carboxylic acids is 1. The first kappa shape index (κ1) is 33.3. The number of carbonyl (C=O) groups is 1. The van der Waals surface area contributed by atoms with E-state index in [0.717, 1.165) is 69.7 Å². The van der Waals surface area contributed by atoms with Crippen molar-refractivity contribution in [3.63, 3.8) is 0 Å². The van der Waals surface area contributed by atoms with Gasteiger partial charge in [0.25, 0.3) is 0 Å². The van der Waals surface area contributed by atoms with Crippen LogP contribution in [0.25, 0.3) is 11.1 Å². The van der Waals surface area contributed by atoms with E-state index in [1.807, 2.05) is 60.7 Å². The van der Waals surface area contributed by atoms with Gasteiger partial charge in [0.1, 0.15) is 29.7 Å². The normalized spacial score (nSPS) is 10.9. The first-order valence-electron chi connectivity index (χ1n) is 16.2. The Hall–Kier alpha value is -5.10. The summed E-state index contributed by atoms with van der Waals surface area (Å²) in [6.07, 6.45) is 3.74. The molecule has 0 heterocycles. The minimum atomic E-state index is -0.920. The first-order valence-corrected chi connectivity index (χ1v) is 16.2. The van der Waals surface area contributed by atoms with Gasteiger partial charge < -0.3 is 19.3 Å². The maximum atomic E-state index is 13.7. The number of carboxylic acid groups (broad SMARTS) is 1. The maximum absolute atomic E-state index is 13.7. The molecule has 0 spiro atoms. The Morgan fingerprint density at radius 3 is 2.13 bits per heavy atom. The Labute approximate surface area is 276 Å². The number of aryl methyl sites for hydroxylation is 1. The van der Waals surface area contributed by atoms with Crippen molar-refractivity contribution in [1.29, 1.82) is 0 Å². The highest BCUT2D eigenvalue weighted by Crippen LogP contribution is 2.37. The largest absolute Gasteiger partial charge is 0.493 e. The first-order chi connectivity index (χ1) is 23.0. The summed E-state index contributed by atoms with van der Waals surface area (Å²) in [5.74, 6) is 1.06.